The Balaban J connectivity index is 2.56. The molecule has 0 aliphatic rings. The van der Waals surface area contributed by atoms with Crippen LogP contribution in [-0.2, 0) is 4.79 Å². The molecule has 5 heteroatoms. The van der Waals surface area contributed by atoms with Gasteiger partial charge in [-0.2, -0.15) is 0 Å². The van der Waals surface area contributed by atoms with Crippen LogP contribution in [0.1, 0.15) is 31.2 Å². The molecule has 0 aromatic carbocycles. The number of rotatable bonds is 7. The first-order valence-corrected chi connectivity index (χ1v) is 7.58. The van der Waals surface area contributed by atoms with Crippen LogP contribution in [0.15, 0.2) is 17.5 Å². The molecule has 0 aliphatic carbocycles. The van der Waals surface area contributed by atoms with E-state index >= 15 is 0 Å². The van der Waals surface area contributed by atoms with Gasteiger partial charge in [-0.25, -0.2) is 0 Å². The summed E-state index contributed by atoms with van der Waals surface area (Å²) in [5.41, 5.74) is 5.93. The van der Waals surface area contributed by atoms with E-state index in [-0.39, 0.29) is 17.9 Å². The van der Waals surface area contributed by atoms with Gasteiger partial charge < -0.3 is 16.0 Å². The highest BCUT2D eigenvalue weighted by Gasteiger charge is 2.21. The Morgan fingerprint density at radius 2 is 2.21 bits per heavy atom. The largest absolute Gasteiger partial charge is 0.353 e. The van der Waals surface area contributed by atoms with E-state index in [1.54, 1.807) is 11.3 Å². The zero-order valence-electron chi connectivity index (χ0n) is 12.2. The predicted octanol–water partition coefficient (Wildman–Crippen LogP) is 1.84. The summed E-state index contributed by atoms with van der Waals surface area (Å²) in [6, 6.07) is 3.91. The van der Waals surface area contributed by atoms with Gasteiger partial charge in [-0.3, -0.25) is 4.79 Å². The first kappa shape index (κ1) is 16.1. The van der Waals surface area contributed by atoms with Crippen molar-refractivity contribution in [3.8, 4) is 0 Å². The van der Waals surface area contributed by atoms with Crippen molar-refractivity contribution in [3.05, 3.63) is 22.4 Å². The van der Waals surface area contributed by atoms with Gasteiger partial charge >= 0.3 is 0 Å². The van der Waals surface area contributed by atoms with E-state index in [2.05, 4.69) is 21.7 Å². The van der Waals surface area contributed by atoms with Crippen LogP contribution in [0.4, 0.5) is 0 Å². The molecule has 108 valence electrons. The molecule has 0 aliphatic heterocycles. The second-order valence-corrected chi connectivity index (χ2v) is 6.13. The second kappa shape index (κ2) is 7.62. The zero-order valence-corrected chi connectivity index (χ0v) is 13.0. The van der Waals surface area contributed by atoms with E-state index in [4.69, 9.17) is 5.73 Å². The Kier molecular flexibility index (Phi) is 6.48. The summed E-state index contributed by atoms with van der Waals surface area (Å²) in [7, 11) is 4.04. The Bertz CT molecular complexity index is 378. The van der Waals surface area contributed by atoms with Crippen LogP contribution in [-0.4, -0.2) is 37.5 Å². The maximum absolute atomic E-state index is 12.0. The molecule has 4 nitrogen and oxygen atoms in total. The molecule has 3 N–H and O–H groups in total. The smallest absolute Gasteiger partial charge is 0.237 e. The van der Waals surface area contributed by atoms with Crippen molar-refractivity contribution in [1.29, 1.82) is 0 Å². The highest BCUT2D eigenvalue weighted by Crippen LogP contribution is 2.22. The molecular weight excluding hydrogens is 258 g/mol. The minimum atomic E-state index is -0.420. The molecule has 1 aromatic rings. The van der Waals surface area contributed by atoms with Crippen LogP contribution in [0.3, 0.4) is 0 Å². The maximum atomic E-state index is 12.0. The third-order valence-electron chi connectivity index (χ3n) is 3.52. The van der Waals surface area contributed by atoms with Gasteiger partial charge in [-0.1, -0.05) is 26.3 Å². The van der Waals surface area contributed by atoms with Gasteiger partial charge in [0.1, 0.15) is 0 Å². The first-order chi connectivity index (χ1) is 8.97. The minimum Gasteiger partial charge on any atom is -0.353 e. The Labute approximate surface area is 120 Å². The monoisotopic (exact) mass is 283 g/mol. The Morgan fingerprint density at radius 1 is 1.53 bits per heavy atom. The molecule has 0 bridgehead atoms. The number of carbonyl (C=O) groups is 1. The average Bonchev–Trinajstić information content (AvgIpc) is 2.90. The van der Waals surface area contributed by atoms with E-state index in [0.29, 0.717) is 6.54 Å². The summed E-state index contributed by atoms with van der Waals surface area (Å²) in [6.45, 7) is 4.65. The number of carbonyl (C=O) groups excluding carboxylic acids is 1. The van der Waals surface area contributed by atoms with Crippen LogP contribution < -0.4 is 11.1 Å². The van der Waals surface area contributed by atoms with Gasteiger partial charge in [-0.15, -0.1) is 11.3 Å². The number of nitrogens with one attached hydrogen (secondary N) is 1. The summed E-state index contributed by atoms with van der Waals surface area (Å²) in [4.78, 5) is 15.4. The lowest BCUT2D eigenvalue weighted by Gasteiger charge is -2.25. The molecular formula is C14H25N3OS. The van der Waals surface area contributed by atoms with E-state index in [1.165, 1.54) is 4.88 Å². The van der Waals surface area contributed by atoms with Crippen LogP contribution in [0, 0.1) is 5.92 Å². The fourth-order valence-corrected chi connectivity index (χ4v) is 2.77. The number of nitrogens with two attached hydrogens (primary N) is 1. The fraction of sp³-hybridized carbons (Fsp3) is 0.643. The van der Waals surface area contributed by atoms with Gasteiger partial charge in [0, 0.05) is 11.4 Å². The lowest BCUT2D eigenvalue weighted by atomic mass is 9.99. The van der Waals surface area contributed by atoms with Crippen molar-refractivity contribution >= 4 is 17.2 Å². The van der Waals surface area contributed by atoms with Gasteiger partial charge in [0.2, 0.25) is 5.91 Å². The lowest BCUT2D eigenvalue weighted by molar-refractivity contribution is -0.123. The highest BCUT2D eigenvalue weighted by molar-refractivity contribution is 7.10. The van der Waals surface area contributed by atoms with Crippen molar-refractivity contribution in [2.75, 3.05) is 20.6 Å². The van der Waals surface area contributed by atoms with Crippen molar-refractivity contribution in [1.82, 2.24) is 10.2 Å². The van der Waals surface area contributed by atoms with E-state index in [1.807, 2.05) is 34.0 Å². The molecule has 1 rings (SSSR count). The molecule has 0 saturated carbocycles. The number of hydrogen-bond acceptors (Lipinski definition) is 4. The summed E-state index contributed by atoms with van der Waals surface area (Å²) < 4.78 is 0. The minimum absolute atomic E-state index is 0.0576. The molecule has 0 fully saturated rings. The second-order valence-electron chi connectivity index (χ2n) is 5.15. The quantitative estimate of drug-likeness (QED) is 0.803. The third-order valence-corrected chi connectivity index (χ3v) is 4.50. The Hall–Kier alpha value is -0.910. The molecule has 0 radical (unpaired) electrons. The molecule has 1 amide bonds. The number of thiophene rings is 1. The van der Waals surface area contributed by atoms with E-state index < -0.39 is 6.04 Å². The summed E-state index contributed by atoms with van der Waals surface area (Å²) in [6.07, 6.45) is 0.913. The van der Waals surface area contributed by atoms with Crippen molar-refractivity contribution in [2.45, 2.75) is 32.4 Å². The standard InChI is InChI=1S/C14H25N3OS/c1-5-10(2)13(15)14(18)16-9-11(17(3)4)12-7-6-8-19-12/h6-8,10-11,13H,5,9,15H2,1-4H3,(H,16,18)/t10?,11?,13-/m0/s1. The van der Waals surface area contributed by atoms with Gasteiger partial charge in [0.05, 0.1) is 12.1 Å². The molecule has 19 heavy (non-hydrogen) atoms. The van der Waals surface area contributed by atoms with Crippen LogP contribution in [0.2, 0.25) is 0 Å². The van der Waals surface area contributed by atoms with Gasteiger partial charge in [0.25, 0.3) is 0 Å². The molecule has 1 aromatic heterocycles. The van der Waals surface area contributed by atoms with E-state index in [9.17, 15) is 4.79 Å². The zero-order chi connectivity index (χ0) is 14.4. The maximum Gasteiger partial charge on any atom is 0.237 e. The van der Waals surface area contributed by atoms with Crippen LogP contribution in [0.5, 0.6) is 0 Å². The SMILES string of the molecule is CCC(C)[C@H](N)C(=O)NCC(c1cccs1)N(C)C. The van der Waals surface area contributed by atoms with Crippen molar-refractivity contribution in [3.63, 3.8) is 0 Å². The predicted molar refractivity (Wildman–Crippen MR) is 81.2 cm³/mol. The number of nitrogens with zero attached hydrogens (tertiary/aromatic N) is 1. The summed E-state index contributed by atoms with van der Waals surface area (Å²) in [5, 5.41) is 5.02. The van der Waals surface area contributed by atoms with E-state index in [0.717, 1.165) is 6.42 Å². The van der Waals surface area contributed by atoms with Crippen LogP contribution >= 0.6 is 11.3 Å². The number of amides is 1. The number of likely N-dealkylation sites (N-methyl/N-ethyl adjacent to an activating group) is 1. The topological polar surface area (TPSA) is 58.4 Å². The summed E-state index contributed by atoms with van der Waals surface area (Å²) in [5.74, 6) is 0.150. The van der Waals surface area contributed by atoms with Crippen molar-refractivity contribution in [2.24, 2.45) is 11.7 Å². The summed E-state index contributed by atoms with van der Waals surface area (Å²) >= 11 is 1.71. The first-order valence-electron chi connectivity index (χ1n) is 6.70. The fourth-order valence-electron chi connectivity index (χ4n) is 1.85. The molecule has 2 unspecified atom stereocenters. The van der Waals surface area contributed by atoms with Gasteiger partial charge in [0.15, 0.2) is 0 Å². The average molecular weight is 283 g/mol. The molecule has 3 atom stereocenters. The normalized spacial score (nSPS) is 16.1. The molecule has 1 heterocycles. The lowest BCUT2D eigenvalue weighted by Crippen LogP contribution is -2.46. The molecule has 0 spiro atoms. The van der Waals surface area contributed by atoms with Crippen LogP contribution in [0.25, 0.3) is 0 Å². The molecule has 0 saturated heterocycles. The van der Waals surface area contributed by atoms with Crippen molar-refractivity contribution < 1.29 is 4.79 Å². The number of hydrogen-bond donors (Lipinski definition) is 2. The Morgan fingerprint density at radius 3 is 2.68 bits per heavy atom. The highest BCUT2D eigenvalue weighted by atomic mass is 32.1. The third kappa shape index (κ3) is 4.60. The van der Waals surface area contributed by atoms with Gasteiger partial charge in [-0.05, 0) is 31.5 Å².